The molecule has 0 amide bonds. The SMILES string of the molecule is COC(=O)[C@@]12OC[C@@]34[C@H](C[C@H]5[C@@H](C)C(=O)C(O[C@@H]6O[C@@H](CO)[C@@H](O)[C@@H](O)[C@H]6O)=C[C@@]5(C)[C@@H]3[C@@H](O)[C@H]1O)OC(=O)[C@H](OC(=O)C[C@H](C)C(C)(C)OC(C)=O)[C@H]24. The topological polar surface area (TPSA) is 271 Å². The molecule has 6 aliphatic rings. The van der Waals surface area contributed by atoms with Crippen molar-refractivity contribution in [3.05, 3.63) is 11.8 Å². The number of ketones is 1. The third-order valence-electron chi connectivity index (χ3n) is 13.2. The van der Waals surface area contributed by atoms with E-state index in [0.29, 0.717) is 0 Å². The van der Waals surface area contributed by atoms with E-state index in [2.05, 4.69) is 0 Å². The second-order valence-electron chi connectivity index (χ2n) is 16.4. The van der Waals surface area contributed by atoms with Gasteiger partial charge in [-0.05, 0) is 37.7 Å². The van der Waals surface area contributed by atoms with Gasteiger partial charge >= 0.3 is 23.9 Å². The summed E-state index contributed by atoms with van der Waals surface area (Å²) < 4.78 is 39.9. The highest BCUT2D eigenvalue weighted by Crippen LogP contribution is 2.72. The number of aliphatic hydroxyl groups excluding tert-OH is 6. The summed E-state index contributed by atoms with van der Waals surface area (Å²) in [7, 11) is 1.03. The lowest BCUT2D eigenvalue weighted by molar-refractivity contribution is -0.296. The van der Waals surface area contributed by atoms with Gasteiger partial charge in [0.05, 0.1) is 38.8 Å². The molecule has 6 rings (SSSR count). The van der Waals surface area contributed by atoms with E-state index in [1.54, 1.807) is 34.6 Å². The van der Waals surface area contributed by atoms with E-state index < -0.39 is 143 Å². The minimum Gasteiger partial charge on any atom is -0.467 e. The highest BCUT2D eigenvalue weighted by molar-refractivity contribution is 5.97. The first-order valence-electron chi connectivity index (χ1n) is 18.1. The predicted octanol–water partition coefficient (Wildman–Crippen LogP) is -1.97. The lowest BCUT2D eigenvalue weighted by atomic mass is 9.38. The Balaban J connectivity index is 1.42. The van der Waals surface area contributed by atoms with Gasteiger partial charge in [0, 0.05) is 30.1 Å². The van der Waals surface area contributed by atoms with Crippen molar-refractivity contribution in [1.29, 1.82) is 0 Å². The van der Waals surface area contributed by atoms with Crippen LogP contribution in [0.15, 0.2) is 11.8 Å². The van der Waals surface area contributed by atoms with Gasteiger partial charge in [-0.15, -0.1) is 0 Å². The molecule has 0 unspecified atom stereocenters. The second-order valence-corrected chi connectivity index (χ2v) is 16.4. The smallest absolute Gasteiger partial charge is 0.348 e. The van der Waals surface area contributed by atoms with Gasteiger partial charge in [-0.2, -0.15) is 0 Å². The second kappa shape index (κ2) is 13.8. The molecule has 0 radical (unpaired) electrons. The molecule has 2 bridgehead atoms. The molecule has 0 aromatic heterocycles. The first kappa shape index (κ1) is 40.4. The summed E-state index contributed by atoms with van der Waals surface area (Å²) >= 11 is 0. The molecule has 3 aliphatic heterocycles. The lowest BCUT2D eigenvalue weighted by Gasteiger charge is -2.67. The zero-order valence-electron chi connectivity index (χ0n) is 31.1. The van der Waals surface area contributed by atoms with Crippen LogP contribution in [0.5, 0.6) is 0 Å². The average Bonchev–Trinajstić information content (AvgIpc) is 3.41. The summed E-state index contributed by atoms with van der Waals surface area (Å²) in [6, 6.07) is 0. The van der Waals surface area contributed by atoms with E-state index in [0.717, 1.165) is 7.11 Å². The standard InChI is InChI=1S/C36H50O18/c1-13(33(4,5)54-15(3)38)8-20(39)53-26-28-35-12-49-36(28,32(47)48-7)29(45)25(44)27(35)34(6)10-17(21(40)14(2)16(34)9-19(35)52-30(26)46)50-31-24(43)23(42)22(41)18(11-37)51-31/h10,13-14,16,18-19,22-29,31,37,41-45H,8-9,11-12H2,1-7H3/t13-,14+,16-,18-,19-,22+,23+,24+,25+,26+,27-,28-,29+,31+,34+,35+,36-/m0/s1. The zero-order valence-corrected chi connectivity index (χ0v) is 31.1. The molecule has 3 heterocycles. The fourth-order valence-electron chi connectivity index (χ4n) is 10.3. The molecule has 3 saturated heterocycles. The molecule has 17 atom stereocenters. The van der Waals surface area contributed by atoms with Crippen LogP contribution in [0.25, 0.3) is 0 Å². The number of rotatable bonds is 9. The lowest BCUT2D eigenvalue weighted by Crippen LogP contribution is -2.79. The molecule has 302 valence electrons. The molecule has 1 spiro atoms. The van der Waals surface area contributed by atoms with Gasteiger partial charge in [-0.1, -0.05) is 20.8 Å². The number of carbonyl (C=O) groups is 5. The average molecular weight is 771 g/mol. The van der Waals surface area contributed by atoms with Gasteiger partial charge in [0.25, 0.3) is 0 Å². The van der Waals surface area contributed by atoms with Crippen molar-refractivity contribution in [3.8, 4) is 0 Å². The Bertz CT molecular complexity index is 1590. The van der Waals surface area contributed by atoms with Crippen LogP contribution in [0.1, 0.15) is 54.4 Å². The minimum atomic E-state index is -2.41. The van der Waals surface area contributed by atoms with Crippen LogP contribution in [-0.2, 0) is 57.1 Å². The van der Waals surface area contributed by atoms with Gasteiger partial charge in [0.2, 0.25) is 18.0 Å². The maximum Gasteiger partial charge on any atom is 0.348 e. The van der Waals surface area contributed by atoms with Crippen LogP contribution in [0.3, 0.4) is 0 Å². The van der Waals surface area contributed by atoms with E-state index in [1.165, 1.54) is 13.0 Å². The van der Waals surface area contributed by atoms with Crippen molar-refractivity contribution in [3.63, 3.8) is 0 Å². The van der Waals surface area contributed by atoms with Crippen LogP contribution in [-0.4, -0.2) is 147 Å². The van der Waals surface area contributed by atoms with Crippen LogP contribution in [0.2, 0.25) is 0 Å². The van der Waals surface area contributed by atoms with Crippen LogP contribution >= 0.6 is 0 Å². The summed E-state index contributed by atoms with van der Waals surface area (Å²) in [5, 5.41) is 65.1. The Kier molecular flexibility index (Phi) is 10.3. The first-order valence-corrected chi connectivity index (χ1v) is 18.1. The molecule has 2 saturated carbocycles. The highest BCUT2D eigenvalue weighted by Gasteiger charge is 2.85. The fourth-order valence-corrected chi connectivity index (χ4v) is 10.3. The van der Waals surface area contributed by atoms with E-state index in [9.17, 15) is 54.6 Å². The van der Waals surface area contributed by atoms with Crippen LogP contribution < -0.4 is 0 Å². The monoisotopic (exact) mass is 770 g/mol. The molecule has 54 heavy (non-hydrogen) atoms. The largest absolute Gasteiger partial charge is 0.467 e. The molecule has 5 fully saturated rings. The van der Waals surface area contributed by atoms with E-state index >= 15 is 0 Å². The molecule has 6 N–H and O–H groups in total. The quantitative estimate of drug-likeness (QED) is 0.110. The number of allylic oxidation sites excluding steroid dienone is 2. The number of hydrogen-bond acceptors (Lipinski definition) is 18. The number of ether oxygens (including phenoxy) is 7. The number of methoxy groups -OCH3 is 1. The molecule has 18 heteroatoms. The van der Waals surface area contributed by atoms with E-state index in [-0.39, 0.29) is 25.2 Å². The van der Waals surface area contributed by atoms with Gasteiger partial charge in [-0.3, -0.25) is 14.4 Å². The number of aliphatic hydroxyl groups is 6. The molecule has 0 aromatic rings. The molecule has 3 aliphatic carbocycles. The maximum absolute atomic E-state index is 13.9. The van der Waals surface area contributed by atoms with E-state index in [1.807, 2.05) is 0 Å². The van der Waals surface area contributed by atoms with E-state index in [4.69, 9.17) is 33.2 Å². The predicted molar refractivity (Wildman–Crippen MR) is 175 cm³/mol. The first-order chi connectivity index (χ1) is 25.1. The Morgan fingerprint density at radius 2 is 1.70 bits per heavy atom. The number of fused-ring (bicyclic) bond motifs is 2. The third kappa shape index (κ3) is 5.70. The highest BCUT2D eigenvalue weighted by atomic mass is 16.7. The van der Waals surface area contributed by atoms with Crippen LogP contribution in [0, 0.1) is 40.4 Å². The Labute approximate surface area is 310 Å². The third-order valence-corrected chi connectivity index (χ3v) is 13.2. The Morgan fingerprint density at radius 3 is 2.31 bits per heavy atom. The van der Waals surface area contributed by atoms with Gasteiger partial charge < -0.3 is 63.8 Å². The number of hydrogen-bond donors (Lipinski definition) is 6. The summed E-state index contributed by atoms with van der Waals surface area (Å²) in [6.45, 7) is 8.23. The zero-order chi connectivity index (χ0) is 40.0. The fraction of sp³-hybridized carbons (Fsp3) is 0.806. The van der Waals surface area contributed by atoms with Crippen molar-refractivity contribution in [2.45, 2.75) is 121 Å². The number of carbonyl (C=O) groups excluding carboxylic acids is 5. The maximum atomic E-state index is 13.9. The Hall–Kier alpha value is -3.23. The number of esters is 4. The van der Waals surface area contributed by atoms with Gasteiger partial charge in [-0.25, -0.2) is 9.59 Å². The normalized spacial score (nSPS) is 45.9. The molecular weight excluding hydrogens is 720 g/mol. The number of Topliss-reactive ketones (excluding diaryl/α,β-unsaturated/α-hetero) is 1. The van der Waals surface area contributed by atoms with Gasteiger partial charge in [0.1, 0.15) is 42.2 Å². The van der Waals surface area contributed by atoms with Gasteiger partial charge in [0.15, 0.2) is 11.5 Å². The van der Waals surface area contributed by atoms with Crippen molar-refractivity contribution in [2.75, 3.05) is 20.3 Å². The van der Waals surface area contributed by atoms with Crippen molar-refractivity contribution >= 4 is 29.7 Å². The Morgan fingerprint density at radius 1 is 1.04 bits per heavy atom. The summed E-state index contributed by atoms with van der Waals surface area (Å²) in [5.41, 5.74) is -6.39. The minimum absolute atomic E-state index is 0.00365. The van der Waals surface area contributed by atoms with Crippen LogP contribution in [0.4, 0.5) is 0 Å². The summed E-state index contributed by atoms with van der Waals surface area (Å²) in [5.74, 6) is -9.41. The summed E-state index contributed by atoms with van der Waals surface area (Å²) in [4.78, 5) is 66.9. The molecular formula is C36H50O18. The van der Waals surface area contributed by atoms with Crippen molar-refractivity contribution in [2.24, 2.45) is 40.4 Å². The summed E-state index contributed by atoms with van der Waals surface area (Å²) in [6.07, 6.45) is -14.1. The molecule has 18 nitrogen and oxygen atoms in total. The van der Waals surface area contributed by atoms with Crippen molar-refractivity contribution < 1.29 is 87.8 Å². The molecule has 0 aromatic carbocycles. The van der Waals surface area contributed by atoms with Crippen molar-refractivity contribution in [1.82, 2.24) is 0 Å².